The van der Waals surface area contributed by atoms with E-state index in [-0.39, 0.29) is 35.0 Å². The number of carbonyl (C=O) groups excluding carboxylic acids is 2. The van der Waals surface area contributed by atoms with E-state index in [9.17, 15) is 14.0 Å². The summed E-state index contributed by atoms with van der Waals surface area (Å²) in [4.78, 5) is 39.4. The van der Waals surface area contributed by atoms with E-state index in [0.717, 1.165) is 12.8 Å². The van der Waals surface area contributed by atoms with Crippen molar-refractivity contribution < 1.29 is 18.7 Å². The normalized spacial score (nSPS) is 27.5. The number of imidazole rings is 1. The highest BCUT2D eigenvalue weighted by atomic mass is 35.5. The number of fused-ring (bicyclic) bond motifs is 1. The second-order valence-corrected chi connectivity index (χ2v) is 11.1. The molecule has 0 radical (unpaired) electrons. The number of halogens is 3. The van der Waals surface area contributed by atoms with Crippen molar-refractivity contribution in [3.05, 3.63) is 29.2 Å². The highest BCUT2D eigenvalue weighted by molar-refractivity contribution is 6.32. The molecule has 0 bridgehead atoms. The van der Waals surface area contributed by atoms with Gasteiger partial charge in [0, 0.05) is 36.1 Å². The van der Waals surface area contributed by atoms with E-state index in [1.54, 1.807) is 11.1 Å². The molecule has 3 heterocycles. The predicted molar refractivity (Wildman–Crippen MR) is 146 cm³/mol. The van der Waals surface area contributed by atoms with E-state index in [2.05, 4.69) is 15.6 Å². The van der Waals surface area contributed by atoms with Crippen LogP contribution >= 0.6 is 23.2 Å². The number of aromatic nitrogens is 4. The lowest BCUT2D eigenvalue weighted by molar-refractivity contribution is -0.122. The Morgan fingerprint density at radius 3 is 2.64 bits per heavy atom. The fraction of sp³-hybridized carbons (Fsp3) is 0.560. The molecule has 0 aromatic carbocycles. The van der Waals surface area contributed by atoms with Crippen molar-refractivity contribution in [1.29, 1.82) is 0 Å². The first-order valence-electron chi connectivity index (χ1n) is 13.0. The fourth-order valence-electron chi connectivity index (χ4n) is 5.56. The average Bonchev–Trinajstić information content (AvgIpc) is 3.27. The molecule has 2 unspecified atom stereocenters. The molecule has 1 saturated heterocycles. The summed E-state index contributed by atoms with van der Waals surface area (Å²) >= 11 is 12.8. The van der Waals surface area contributed by atoms with Gasteiger partial charge in [-0.15, -0.1) is 11.6 Å². The Morgan fingerprint density at radius 2 is 1.95 bits per heavy atom. The Morgan fingerprint density at radius 1 is 1.18 bits per heavy atom. The zero-order valence-electron chi connectivity index (χ0n) is 21.4. The van der Waals surface area contributed by atoms with E-state index >= 15 is 0 Å². The molecular formula is C25H31Cl2FN8O3. The van der Waals surface area contributed by atoms with Crippen LogP contribution in [0.5, 0.6) is 0 Å². The Bertz CT molecular complexity index is 1310. The van der Waals surface area contributed by atoms with Gasteiger partial charge in [0.05, 0.1) is 24.7 Å². The van der Waals surface area contributed by atoms with Crippen LogP contribution < -0.4 is 16.4 Å². The first-order valence-corrected chi connectivity index (χ1v) is 13.8. The van der Waals surface area contributed by atoms with Gasteiger partial charge in [-0.3, -0.25) is 9.36 Å². The lowest BCUT2D eigenvalue weighted by Crippen LogP contribution is -2.45. The highest BCUT2D eigenvalue weighted by Gasteiger charge is 2.32. The van der Waals surface area contributed by atoms with Crippen LogP contribution in [0.15, 0.2) is 29.2 Å². The number of hydrogen-bond acceptors (Lipinski definition) is 8. The number of alkyl halides is 1. The molecule has 210 valence electrons. The van der Waals surface area contributed by atoms with Crippen molar-refractivity contribution in [3.63, 3.8) is 0 Å². The fourth-order valence-corrected chi connectivity index (χ4v) is 6.23. The number of carbonyl (C=O) groups is 2. The van der Waals surface area contributed by atoms with Crippen LogP contribution in [0.1, 0.15) is 44.6 Å². The molecule has 3 atom stereocenters. The Kier molecular flexibility index (Phi) is 8.13. The Labute approximate surface area is 235 Å². The maximum Gasteiger partial charge on any atom is 0.409 e. The van der Waals surface area contributed by atoms with Crippen molar-refractivity contribution in [2.24, 2.45) is 11.7 Å². The molecule has 3 aliphatic rings. The largest absolute Gasteiger partial charge is 0.453 e. The monoisotopic (exact) mass is 580 g/mol. The molecule has 2 fully saturated rings. The number of allylic oxidation sites excluding steroid dienone is 2. The SMILES string of the molecule is COC(=O)N1CCC[C@@H](Nc2ncc3nc(NC4C(Cl)=CC(F)=CC4Cl)n(C4CCC(C(N)=O)CC4)c3n2)C1. The van der Waals surface area contributed by atoms with Gasteiger partial charge in [0.25, 0.3) is 0 Å². The topological polar surface area (TPSA) is 140 Å². The van der Waals surface area contributed by atoms with Gasteiger partial charge < -0.3 is 26.0 Å². The summed E-state index contributed by atoms with van der Waals surface area (Å²) in [6.45, 7) is 1.12. The van der Waals surface area contributed by atoms with Crippen LogP contribution in [0.25, 0.3) is 11.2 Å². The van der Waals surface area contributed by atoms with Crippen molar-refractivity contribution >= 4 is 58.3 Å². The summed E-state index contributed by atoms with van der Waals surface area (Å²) in [6, 6.07) is -0.657. The number of amides is 2. The summed E-state index contributed by atoms with van der Waals surface area (Å²) in [6.07, 6.45) is 8.18. The van der Waals surface area contributed by atoms with E-state index in [1.165, 1.54) is 19.3 Å². The minimum absolute atomic E-state index is 0.0206. The minimum atomic E-state index is -0.728. The zero-order valence-corrected chi connectivity index (χ0v) is 23.0. The van der Waals surface area contributed by atoms with Gasteiger partial charge in [-0.05, 0) is 50.7 Å². The third kappa shape index (κ3) is 5.91. The second kappa shape index (κ2) is 11.5. The van der Waals surface area contributed by atoms with Gasteiger partial charge >= 0.3 is 6.09 Å². The van der Waals surface area contributed by atoms with Crippen LogP contribution in [-0.2, 0) is 9.53 Å². The number of likely N-dealkylation sites (tertiary alicyclic amines) is 1. The number of piperidine rings is 1. The standard InChI is InChI=1S/C25H31Cl2FN8O3/c1-39-25(38)35-8-2-3-15(12-35)31-23-30-11-19-22(34-23)36(16-6-4-13(5-7-16)21(29)37)24(32-19)33-20-17(26)9-14(28)10-18(20)27/h9-11,13,15-17,20H,2-8,12H2,1H3,(H2,29,37)(H,32,33)(H,30,31,34)/t13?,15-,16?,17?,20?/m1/s1. The second-order valence-electron chi connectivity index (χ2n) is 10.2. The molecule has 2 aromatic heterocycles. The van der Waals surface area contributed by atoms with Gasteiger partial charge in [0.1, 0.15) is 11.3 Å². The maximum absolute atomic E-state index is 13.8. The maximum atomic E-state index is 13.8. The van der Waals surface area contributed by atoms with Crippen molar-refractivity contribution in [2.45, 2.75) is 62.0 Å². The number of nitrogens with two attached hydrogens (primary N) is 1. The van der Waals surface area contributed by atoms with Crippen LogP contribution in [0.2, 0.25) is 0 Å². The molecule has 2 amide bonds. The molecular weight excluding hydrogens is 550 g/mol. The van der Waals surface area contributed by atoms with Crippen LogP contribution in [0, 0.1) is 5.92 Å². The van der Waals surface area contributed by atoms with Gasteiger partial charge in [0.15, 0.2) is 5.65 Å². The average molecular weight is 581 g/mol. The molecule has 4 N–H and O–H groups in total. The number of primary amides is 1. The van der Waals surface area contributed by atoms with Crippen molar-refractivity contribution in [2.75, 3.05) is 30.8 Å². The lowest BCUT2D eigenvalue weighted by atomic mass is 9.85. The van der Waals surface area contributed by atoms with Gasteiger partial charge in [-0.25, -0.2) is 19.2 Å². The van der Waals surface area contributed by atoms with Crippen LogP contribution in [0.3, 0.4) is 0 Å². The molecule has 11 nitrogen and oxygen atoms in total. The van der Waals surface area contributed by atoms with Crippen molar-refractivity contribution in [1.82, 2.24) is 24.4 Å². The van der Waals surface area contributed by atoms with E-state index < -0.39 is 17.2 Å². The van der Waals surface area contributed by atoms with Gasteiger partial charge in [0.2, 0.25) is 17.8 Å². The molecule has 1 aliphatic heterocycles. The number of ether oxygens (including phenoxy) is 1. The van der Waals surface area contributed by atoms with E-state index in [1.807, 2.05) is 4.57 Å². The Balaban J connectivity index is 1.45. The zero-order chi connectivity index (χ0) is 27.7. The van der Waals surface area contributed by atoms with Crippen molar-refractivity contribution in [3.8, 4) is 0 Å². The Hall–Kier alpha value is -3.12. The van der Waals surface area contributed by atoms with Gasteiger partial charge in [-0.2, -0.15) is 4.98 Å². The molecule has 0 spiro atoms. The first-order chi connectivity index (χ1) is 18.7. The first kappa shape index (κ1) is 27.4. The molecule has 14 heteroatoms. The summed E-state index contributed by atoms with van der Waals surface area (Å²) in [7, 11) is 1.37. The summed E-state index contributed by atoms with van der Waals surface area (Å²) < 4.78 is 20.7. The number of methoxy groups -OCH3 is 1. The lowest BCUT2D eigenvalue weighted by Gasteiger charge is -2.32. The van der Waals surface area contributed by atoms with E-state index in [0.29, 0.717) is 61.8 Å². The van der Waals surface area contributed by atoms with Gasteiger partial charge in [-0.1, -0.05) is 11.6 Å². The summed E-state index contributed by atoms with van der Waals surface area (Å²) in [5.41, 5.74) is 6.72. The molecule has 39 heavy (non-hydrogen) atoms. The third-order valence-corrected chi connectivity index (χ3v) is 8.30. The number of nitrogens with one attached hydrogen (secondary N) is 2. The summed E-state index contributed by atoms with van der Waals surface area (Å²) in [5.74, 6) is -0.0618. The third-order valence-electron chi connectivity index (χ3n) is 7.58. The molecule has 2 aromatic rings. The molecule has 2 aliphatic carbocycles. The predicted octanol–water partition coefficient (Wildman–Crippen LogP) is 4.06. The quantitative estimate of drug-likeness (QED) is 0.434. The molecule has 1 saturated carbocycles. The highest BCUT2D eigenvalue weighted by Crippen LogP contribution is 2.37. The number of anilines is 2. The van der Waals surface area contributed by atoms with E-state index in [4.69, 9.17) is 43.6 Å². The number of hydrogen-bond donors (Lipinski definition) is 3. The van der Waals surface area contributed by atoms with Crippen LogP contribution in [0.4, 0.5) is 21.1 Å². The summed E-state index contributed by atoms with van der Waals surface area (Å²) in [5, 5.41) is 6.14. The minimum Gasteiger partial charge on any atom is -0.453 e. The number of rotatable bonds is 6. The number of nitrogens with zero attached hydrogens (tertiary/aromatic N) is 5. The molecule has 5 rings (SSSR count). The van der Waals surface area contributed by atoms with Crippen LogP contribution in [-0.4, -0.2) is 74.1 Å². The smallest absolute Gasteiger partial charge is 0.409 e.